The van der Waals surface area contributed by atoms with Crippen LogP contribution in [0.3, 0.4) is 0 Å². The number of H-pyrrole nitrogens is 2. The number of hydrogen-bond acceptors (Lipinski definition) is 3. The number of anilines is 1. The van der Waals surface area contributed by atoms with Crippen molar-refractivity contribution in [3.05, 3.63) is 30.9 Å². The van der Waals surface area contributed by atoms with Crippen molar-refractivity contribution >= 4 is 15.7 Å². The quantitative estimate of drug-likeness (QED) is 0.693. The van der Waals surface area contributed by atoms with Crippen LogP contribution in [0.4, 0.5) is 5.69 Å². The summed E-state index contributed by atoms with van der Waals surface area (Å²) in [5, 5.41) is 6.14. The van der Waals surface area contributed by atoms with Crippen LogP contribution in [-0.4, -0.2) is 23.6 Å². The zero-order valence-electron chi connectivity index (χ0n) is 7.06. The zero-order chi connectivity index (χ0) is 10.0. The number of sulfonamides is 1. The first-order valence-corrected chi connectivity index (χ1v) is 5.31. The van der Waals surface area contributed by atoms with E-state index in [-0.39, 0.29) is 4.90 Å². The van der Waals surface area contributed by atoms with Gasteiger partial charge in [-0.1, -0.05) is 0 Å². The Labute approximate surface area is 80.4 Å². The molecule has 0 aromatic carbocycles. The van der Waals surface area contributed by atoms with Crippen molar-refractivity contribution in [1.82, 2.24) is 15.2 Å². The van der Waals surface area contributed by atoms with Gasteiger partial charge >= 0.3 is 0 Å². The van der Waals surface area contributed by atoms with Crippen molar-refractivity contribution in [1.29, 1.82) is 0 Å². The van der Waals surface area contributed by atoms with Crippen molar-refractivity contribution in [2.24, 2.45) is 0 Å². The second-order valence-corrected chi connectivity index (χ2v) is 4.32. The summed E-state index contributed by atoms with van der Waals surface area (Å²) in [4.78, 5) is 2.87. The number of aromatic nitrogens is 3. The second kappa shape index (κ2) is 3.18. The van der Waals surface area contributed by atoms with E-state index < -0.39 is 10.0 Å². The molecule has 0 aliphatic carbocycles. The fourth-order valence-corrected chi connectivity index (χ4v) is 2.01. The molecule has 0 saturated heterocycles. The van der Waals surface area contributed by atoms with Gasteiger partial charge in [-0.15, -0.1) is 0 Å². The lowest BCUT2D eigenvalue weighted by molar-refractivity contribution is 0.601. The van der Waals surface area contributed by atoms with Gasteiger partial charge in [-0.2, -0.15) is 5.10 Å². The monoisotopic (exact) mass is 212 g/mol. The van der Waals surface area contributed by atoms with E-state index >= 15 is 0 Å². The highest BCUT2D eigenvalue weighted by molar-refractivity contribution is 7.92. The average Bonchev–Trinajstić information content (AvgIpc) is 2.71. The van der Waals surface area contributed by atoms with Crippen molar-refractivity contribution in [2.45, 2.75) is 4.90 Å². The summed E-state index contributed by atoms with van der Waals surface area (Å²) >= 11 is 0. The molecule has 0 fully saturated rings. The first-order valence-electron chi connectivity index (χ1n) is 3.83. The van der Waals surface area contributed by atoms with Gasteiger partial charge in [0.1, 0.15) is 4.90 Å². The minimum Gasteiger partial charge on any atom is -0.366 e. The van der Waals surface area contributed by atoms with E-state index in [2.05, 4.69) is 19.9 Å². The van der Waals surface area contributed by atoms with Crippen molar-refractivity contribution in [2.75, 3.05) is 4.72 Å². The van der Waals surface area contributed by atoms with Crippen LogP contribution in [-0.2, 0) is 10.0 Å². The average molecular weight is 212 g/mol. The highest BCUT2D eigenvalue weighted by atomic mass is 32.2. The maximum atomic E-state index is 11.6. The Bertz CT molecular complexity index is 486. The molecule has 2 aromatic heterocycles. The molecule has 0 saturated carbocycles. The molecule has 6 nitrogen and oxygen atoms in total. The third-order valence-electron chi connectivity index (χ3n) is 1.63. The molecule has 2 heterocycles. The van der Waals surface area contributed by atoms with E-state index in [0.717, 1.165) is 0 Å². The molecule has 14 heavy (non-hydrogen) atoms. The first-order chi connectivity index (χ1) is 6.68. The highest BCUT2D eigenvalue weighted by Gasteiger charge is 2.14. The normalized spacial score (nSPS) is 11.4. The minimum absolute atomic E-state index is 0.193. The molecule has 0 spiro atoms. The summed E-state index contributed by atoms with van der Waals surface area (Å²) in [5.41, 5.74) is 0.409. The van der Waals surface area contributed by atoms with Crippen molar-refractivity contribution in [3.8, 4) is 0 Å². The predicted octanol–water partition coefficient (Wildman–Crippen LogP) is 0.539. The Balaban J connectivity index is 2.27. The second-order valence-electron chi connectivity index (χ2n) is 2.64. The minimum atomic E-state index is -3.48. The number of nitrogens with zero attached hydrogens (tertiary/aromatic N) is 1. The Morgan fingerprint density at radius 3 is 2.79 bits per heavy atom. The molecule has 2 rings (SSSR count). The van der Waals surface area contributed by atoms with Crippen LogP contribution in [0.5, 0.6) is 0 Å². The van der Waals surface area contributed by atoms with Crippen LogP contribution in [0.1, 0.15) is 0 Å². The lowest BCUT2D eigenvalue weighted by Crippen LogP contribution is -2.11. The maximum absolute atomic E-state index is 11.6. The lowest BCUT2D eigenvalue weighted by atomic mass is 10.6. The standard InChI is InChI=1S/C7H8N4O2S/c12-14(13,7-1-2-8-5-7)11-6-3-9-10-4-6/h1-5,8,11H,(H,9,10). The van der Waals surface area contributed by atoms with Crippen molar-refractivity contribution in [3.63, 3.8) is 0 Å². The smallest absolute Gasteiger partial charge is 0.263 e. The highest BCUT2D eigenvalue weighted by Crippen LogP contribution is 2.12. The van der Waals surface area contributed by atoms with Gasteiger partial charge in [-0.05, 0) is 6.07 Å². The third kappa shape index (κ3) is 1.62. The van der Waals surface area contributed by atoms with Gasteiger partial charge < -0.3 is 4.98 Å². The van der Waals surface area contributed by atoms with Gasteiger partial charge in [0.25, 0.3) is 10.0 Å². The van der Waals surface area contributed by atoms with Gasteiger partial charge in [-0.3, -0.25) is 9.82 Å². The number of rotatable bonds is 3. The molecule has 3 N–H and O–H groups in total. The summed E-state index contributed by atoms with van der Waals surface area (Å²) in [6, 6.07) is 1.47. The van der Waals surface area contributed by atoms with Crippen LogP contribution in [0.25, 0.3) is 0 Å². The summed E-state index contributed by atoms with van der Waals surface area (Å²) in [7, 11) is -3.48. The van der Waals surface area contributed by atoms with E-state index in [1.54, 1.807) is 6.20 Å². The van der Waals surface area contributed by atoms with Gasteiger partial charge in [-0.25, -0.2) is 8.42 Å². The molecule has 2 aromatic rings. The molecule has 0 radical (unpaired) electrons. The molecule has 74 valence electrons. The predicted molar refractivity (Wildman–Crippen MR) is 50.2 cm³/mol. The Morgan fingerprint density at radius 1 is 1.36 bits per heavy atom. The molecule has 0 atom stereocenters. The molecule has 0 amide bonds. The van der Waals surface area contributed by atoms with Gasteiger partial charge in [0, 0.05) is 18.6 Å². The van der Waals surface area contributed by atoms with Crippen LogP contribution >= 0.6 is 0 Å². The first kappa shape index (κ1) is 8.82. The SMILES string of the molecule is O=S(=O)(Nc1cn[nH]c1)c1cc[nH]c1. The summed E-state index contributed by atoms with van der Waals surface area (Å²) in [6.45, 7) is 0. The number of hydrogen-bond donors (Lipinski definition) is 3. The van der Waals surface area contributed by atoms with Gasteiger partial charge in [0.2, 0.25) is 0 Å². The Hall–Kier alpha value is -1.76. The summed E-state index contributed by atoms with van der Waals surface area (Å²) in [5.74, 6) is 0. The largest absolute Gasteiger partial charge is 0.366 e. The van der Waals surface area contributed by atoms with Gasteiger partial charge in [0.15, 0.2) is 0 Å². The van der Waals surface area contributed by atoms with E-state index in [1.165, 1.54) is 24.7 Å². The van der Waals surface area contributed by atoms with Crippen LogP contribution in [0, 0.1) is 0 Å². The molecule has 0 aliphatic heterocycles. The molecule has 0 bridgehead atoms. The van der Waals surface area contributed by atoms with Crippen molar-refractivity contribution < 1.29 is 8.42 Å². The summed E-state index contributed by atoms with van der Waals surface area (Å²) in [6.07, 6.45) is 5.81. The summed E-state index contributed by atoms with van der Waals surface area (Å²) < 4.78 is 25.5. The molecule has 0 unspecified atom stereocenters. The van der Waals surface area contributed by atoms with E-state index in [9.17, 15) is 8.42 Å². The lowest BCUT2D eigenvalue weighted by Gasteiger charge is -2.01. The van der Waals surface area contributed by atoms with E-state index in [0.29, 0.717) is 5.69 Å². The molecular weight excluding hydrogens is 204 g/mol. The molecular formula is C7H8N4O2S. The Kier molecular flexibility index (Phi) is 2.01. The fraction of sp³-hybridized carbons (Fsp3) is 0. The number of nitrogens with one attached hydrogen (secondary N) is 3. The Morgan fingerprint density at radius 2 is 2.21 bits per heavy atom. The van der Waals surface area contributed by atoms with E-state index in [1.807, 2.05) is 0 Å². The third-order valence-corrected chi connectivity index (χ3v) is 3.01. The topological polar surface area (TPSA) is 90.6 Å². The van der Waals surface area contributed by atoms with Crippen LogP contribution in [0.2, 0.25) is 0 Å². The molecule has 7 heteroatoms. The van der Waals surface area contributed by atoms with Crippen LogP contribution in [0.15, 0.2) is 35.7 Å². The van der Waals surface area contributed by atoms with E-state index in [4.69, 9.17) is 0 Å². The number of aromatic amines is 2. The fourth-order valence-electron chi connectivity index (χ4n) is 0.997. The maximum Gasteiger partial charge on any atom is 0.263 e. The van der Waals surface area contributed by atoms with Gasteiger partial charge in [0.05, 0.1) is 11.9 Å². The zero-order valence-corrected chi connectivity index (χ0v) is 7.88. The van der Waals surface area contributed by atoms with Crippen LogP contribution < -0.4 is 4.72 Å². The molecule has 0 aliphatic rings.